The van der Waals surface area contributed by atoms with Gasteiger partial charge in [0.1, 0.15) is 22.5 Å². The predicted octanol–water partition coefficient (Wildman–Crippen LogP) is 4.47. The Labute approximate surface area is 185 Å². The quantitative estimate of drug-likeness (QED) is 0.403. The molecule has 0 atom stereocenters. The Hall–Kier alpha value is -4.06. The summed E-state index contributed by atoms with van der Waals surface area (Å²) in [6.45, 7) is 0.983. The number of hydrogen-bond acceptors (Lipinski definition) is 4. The van der Waals surface area contributed by atoms with Crippen LogP contribution in [0.5, 0.6) is 11.5 Å². The molecule has 2 aromatic heterocycles. The predicted molar refractivity (Wildman–Crippen MR) is 126 cm³/mol. The Kier molecular flexibility index (Phi) is 5.11. The average Bonchev–Trinajstić information content (AvgIpc) is 3.15. The zero-order chi connectivity index (χ0) is 22.1. The Bertz CT molecular complexity index is 1470. The van der Waals surface area contributed by atoms with Gasteiger partial charge in [-0.1, -0.05) is 42.5 Å². The highest BCUT2D eigenvalue weighted by Crippen LogP contribution is 2.27. The van der Waals surface area contributed by atoms with Crippen molar-refractivity contribution in [3.8, 4) is 11.5 Å². The molecule has 3 aromatic carbocycles. The van der Waals surface area contributed by atoms with Gasteiger partial charge in [0.05, 0.1) is 32.6 Å². The molecule has 0 saturated carbocycles. The molecule has 6 nitrogen and oxygen atoms in total. The molecule has 0 spiro atoms. The van der Waals surface area contributed by atoms with Crippen molar-refractivity contribution in [1.29, 1.82) is 0 Å². The van der Waals surface area contributed by atoms with Crippen LogP contribution in [0.4, 0.5) is 0 Å². The van der Waals surface area contributed by atoms with Gasteiger partial charge in [0.2, 0.25) is 0 Å². The fraction of sp³-hybridized carbons (Fsp3) is 0.154. The van der Waals surface area contributed by atoms with Gasteiger partial charge in [-0.05, 0) is 41.5 Å². The Morgan fingerprint density at radius 3 is 2.38 bits per heavy atom. The lowest BCUT2D eigenvalue weighted by molar-refractivity contribution is 0.414. The summed E-state index contributed by atoms with van der Waals surface area (Å²) < 4.78 is 14.3. The molecule has 5 aromatic rings. The number of para-hydroxylation sites is 1. The van der Waals surface area contributed by atoms with Crippen molar-refractivity contribution in [3.05, 3.63) is 101 Å². The SMILES string of the molecule is COc1ccc(Cn2cnc3c4ccccc4n(Cc4cccc(OC)c4)c3c2=O)cc1. The van der Waals surface area contributed by atoms with Gasteiger partial charge in [-0.3, -0.25) is 9.36 Å². The van der Waals surface area contributed by atoms with Crippen LogP contribution in [0.25, 0.3) is 21.9 Å². The van der Waals surface area contributed by atoms with Crippen molar-refractivity contribution < 1.29 is 9.47 Å². The molecule has 0 amide bonds. The molecule has 0 saturated heterocycles. The molecule has 0 aliphatic heterocycles. The lowest BCUT2D eigenvalue weighted by Crippen LogP contribution is -2.23. The first-order valence-corrected chi connectivity index (χ1v) is 10.4. The molecular formula is C26H23N3O3. The smallest absolute Gasteiger partial charge is 0.278 e. The van der Waals surface area contributed by atoms with Crippen LogP contribution in [0.15, 0.2) is 83.9 Å². The maximum atomic E-state index is 13.6. The van der Waals surface area contributed by atoms with Crippen molar-refractivity contribution in [2.45, 2.75) is 13.1 Å². The number of methoxy groups -OCH3 is 2. The van der Waals surface area contributed by atoms with E-state index < -0.39 is 0 Å². The standard InChI is InChI=1S/C26H23N3O3/c1-31-20-12-10-18(11-13-20)15-28-17-27-24-22-8-3-4-9-23(22)29(25(24)26(28)30)16-19-6-5-7-21(14-19)32-2/h3-14,17H,15-16H2,1-2H3. The molecule has 0 fully saturated rings. The van der Waals surface area contributed by atoms with Crippen LogP contribution >= 0.6 is 0 Å². The first-order valence-electron chi connectivity index (χ1n) is 10.4. The molecule has 5 rings (SSSR count). The Morgan fingerprint density at radius 2 is 1.59 bits per heavy atom. The first kappa shape index (κ1) is 19.9. The third-order valence-electron chi connectivity index (χ3n) is 5.72. The van der Waals surface area contributed by atoms with E-state index in [0.29, 0.717) is 18.6 Å². The molecule has 0 bridgehead atoms. The summed E-state index contributed by atoms with van der Waals surface area (Å²) in [5.74, 6) is 1.58. The van der Waals surface area contributed by atoms with Crippen LogP contribution in [0, 0.1) is 0 Å². The lowest BCUT2D eigenvalue weighted by atomic mass is 10.2. The van der Waals surface area contributed by atoms with E-state index in [1.807, 2.05) is 72.8 Å². The number of fused-ring (bicyclic) bond motifs is 3. The molecule has 0 aliphatic carbocycles. The highest BCUT2D eigenvalue weighted by atomic mass is 16.5. The zero-order valence-electron chi connectivity index (χ0n) is 18.0. The molecule has 0 aliphatic rings. The van der Waals surface area contributed by atoms with Crippen LogP contribution in [-0.4, -0.2) is 28.3 Å². The van der Waals surface area contributed by atoms with Crippen LogP contribution < -0.4 is 15.0 Å². The van der Waals surface area contributed by atoms with Gasteiger partial charge in [-0.25, -0.2) is 4.98 Å². The normalized spacial score (nSPS) is 11.2. The summed E-state index contributed by atoms with van der Waals surface area (Å²) in [4.78, 5) is 18.3. The van der Waals surface area contributed by atoms with Crippen molar-refractivity contribution >= 4 is 21.9 Å². The summed E-state index contributed by atoms with van der Waals surface area (Å²) in [5.41, 5.74) is 4.30. The number of aromatic nitrogens is 3. The van der Waals surface area contributed by atoms with Gasteiger partial charge in [-0.15, -0.1) is 0 Å². The minimum absolute atomic E-state index is 0.0649. The molecular weight excluding hydrogens is 402 g/mol. The maximum absolute atomic E-state index is 13.6. The summed E-state index contributed by atoms with van der Waals surface area (Å²) in [7, 11) is 3.29. The lowest BCUT2D eigenvalue weighted by Gasteiger charge is -2.10. The fourth-order valence-electron chi connectivity index (χ4n) is 4.11. The molecule has 32 heavy (non-hydrogen) atoms. The van der Waals surface area contributed by atoms with Gasteiger partial charge in [0, 0.05) is 11.9 Å². The second-order valence-corrected chi connectivity index (χ2v) is 7.68. The Balaban J connectivity index is 1.65. The minimum Gasteiger partial charge on any atom is -0.497 e. The van der Waals surface area contributed by atoms with Crippen LogP contribution in [0.2, 0.25) is 0 Å². The molecule has 0 radical (unpaired) electrons. The number of nitrogens with zero attached hydrogens (tertiary/aromatic N) is 3. The van der Waals surface area contributed by atoms with E-state index in [0.717, 1.165) is 39.0 Å². The third-order valence-corrected chi connectivity index (χ3v) is 5.72. The average molecular weight is 425 g/mol. The van der Waals surface area contributed by atoms with Gasteiger partial charge in [-0.2, -0.15) is 0 Å². The van der Waals surface area contributed by atoms with Crippen molar-refractivity contribution in [2.24, 2.45) is 0 Å². The van der Waals surface area contributed by atoms with Crippen molar-refractivity contribution in [2.75, 3.05) is 14.2 Å². The van der Waals surface area contributed by atoms with Crippen molar-refractivity contribution in [3.63, 3.8) is 0 Å². The van der Waals surface area contributed by atoms with E-state index >= 15 is 0 Å². The fourth-order valence-corrected chi connectivity index (χ4v) is 4.11. The minimum atomic E-state index is -0.0649. The summed E-state index contributed by atoms with van der Waals surface area (Å²) >= 11 is 0. The molecule has 6 heteroatoms. The molecule has 0 unspecified atom stereocenters. The summed E-state index contributed by atoms with van der Waals surface area (Å²) in [6, 6.07) is 23.6. The highest BCUT2D eigenvalue weighted by molar-refractivity contribution is 6.05. The van der Waals surface area contributed by atoms with Crippen LogP contribution in [0.3, 0.4) is 0 Å². The number of ether oxygens (including phenoxy) is 2. The third kappa shape index (κ3) is 3.50. The van der Waals surface area contributed by atoms with Gasteiger partial charge < -0.3 is 14.0 Å². The Morgan fingerprint density at radius 1 is 0.812 bits per heavy atom. The maximum Gasteiger partial charge on any atom is 0.278 e. The topological polar surface area (TPSA) is 58.3 Å². The number of hydrogen-bond donors (Lipinski definition) is 0. The molecule has 160 valence electrons. The molecule has 2 heterocycles. The van der Waals surface area contributed by atoms with E-state index in [1.165, 1.54) is 0 Å². The highest BCUT2D eigenvalue weighted by Gasteiger charge is 2.17. The second kappa shape index (κ2) is 8.23. The van der Waals surface area contributed by atoms with Gasteiger partial charge in [0.15, 0.2) is 0 Å². The van der Waals surface area contributed by atoms with Crippen LogP contribution in [-0.2, 0) is 13.1 Å². The van der Waals surface area contributed by atoms with Crippen LogP contribution in [0.1, 0.15) is 11.1 Å². The molecule has 0 N–H and O–H groups in total. The number of benzene rings is 3. The van der Waals surface area contributed by atoms with E-state index in [4.69, 9.17) is 9.47 Å². The monoisotopic (exact) mass is 425 g/mol. The van der Waals surface area contributed by atoms with Crippen molar-refractivity contribution in [1.82, 2.24) is 14.1 Å². The first-order chi connectivity index (χ1) is 15.7. The second-order valence-electron chi connectivity index (χ2n) is 7.68. The summed E-state index contributed by atoms with van der Waals surface area (Å²) in [6.07, 6.45) is 1.64. The zero-order valence-corrected chi connectivity index (χ0v) is 18.0. The summed E-state index contributed by atoms with van der Waals surface area (Å²) in [5, 5.41) is 0.971. The number of rotatable bonds is 6. The van der Waals surface area contributed by atoms with E-state index in [2.05, 4.69) is 9.55 Å². The van der Waals surface area contributed by atoms with Gasteiger partial charge in [0.25, 0.3) is 5.56 Å². The van der Waals surface area contributed by atoms with E-state index in [9.17, 15) is 4.79 Å². The van der Waals surface area contributed by atoms with Gasteiger partial charge >= 0.3 is 0 Å². The van der Waals surface area contributed by atoms with E-state index in [1.54, 1.807) is 25.1 Å². The largest absolute Gasteiger partial charge is 0.497 e. The van der Waals surface area contributed by atoms with E-state index in [-0.39, 0.29) is 5.56 Å².